The number of nitrogens with zero attached hydrogens (tertiary/aromatic N) is 4. The quantitative estimate of drug-likeness (QED) is 0.250. The highest BCUT2D eigenvalue weighted by Crippen LogP contribution is 2.41. The SMILES string of the molecule is CCc1nonc1C(=O)N[C@H](c1cn2ccc(C(CC(F)F)C(=O)OC(C)(C)C)c(F)c2n1)C1CCC(F)(F)CC1. The number of ether oxygens (including phenoxy) is 1. The van der Waals surface area contributed by atoms with Crippen LogP contribution in [0.5, 0.6) is 0 Å². The molecule has 3 heterocycles. The maximum absolute atomic E-state index is 15.8. The molecule has 14 heteroatoms. The van der Waals surface area contributed by atoms with Crippen LogP contribution in [0.2, 0.25) is 0 Å². The highest BCUT2D eigenvalue weighted by atomic mass is 19.3. The first-order chi connectivity index (χ1) is 19.2. The molecule has 4 rings (SSSR count). The molecular formula is C27H32F5N5O4. The van der Waals surface area contributed by atoms with E-state index in [0.717, 1.165) is 0 Å². The van der Waals surface area contributed by atoms with E-state index in [4.69, 9.17) is 4.74 Å². The van der Waals surface area contributed by atoms with Crippen LogP contribution in [0.3, 0.4) is 0 Å². The largest absolute Gasteiger partial charge is 0.459 e. The number of hydrogen-bond acceptors (Lipinski definition) is 7. The van der Waals surface area contributed by atoms with E-state index in [1.54, 1.807) is 27.7 Å². The number of nitrogens with one attached hydrogen (secondary N) is 1. The third-order valence-corrected chi connectivity index (χ3v) is 7.04. The number of pyridine rings is 1. The number of alkyl halides is 4. The van der Waals surface area contributed by atoms with Crippen molar-refractivity contribution < 1.29 is 40.9 Å². The lowest BCUT2D eigenvalue weighted by atomic mass is 9.81. The number of esters is 1. The van der Waals surface area contributed by atoms with Gasteiger partial charge in [-0.1, -0.05) is 12.1 Å². The van der Waals surface area contributed by atoms with Crippen LogP contribution >= 0.6 is 0 Å². The zero-order valence-electron chi connectivity index (χ0n) is 23.1. The Morgan fingerprint density at radius 2 is 1.90 bits per heavy atom. The van der Waals surface area contributed by atoms with Crippen molar-refractivity contribution in [2.75, 3.05) is 0 Å². The number of imidazole rings is 1. The van der Waals surface area contributed by atoms with Crippen LogP contribution in [0.1, 0.15) is 99.2 Å². The third-order valence-electron chi connectivity index (χ3n) is 7.04. The summed E-state index contributed by atoms with van der Waals surface area (Å²) in [5.74, 6) is -7.58. The average molecular weight is 586 g/mol. The molecule has 3 aromatic heterocycles. The van der Waals surface area contributed by atoms with Crippen LogP contribution in [0.4, 0.5) is 22.0 Å². The average Bonchev–Trinajstić information content (AvgIpc) is 3.53. The number of aromatic nitrogens is 4. The fraction of sp³-hybridized carbons (Fsp3) is 0.593. The van der Waals surface area contributed by atoms with Gasteiger partial charge in [0.2, 0.25) is 12.3 Å². The molecule has 0 aromatic carbocycles. The van der Waals surface area contributed by atoms with E-state index in [0.29, 0.717) is 12.1 Å². The lowest BCUT2D eigenvalue weighted by Crippen LogP contribution is -2.37. The Morgan fingerprint density at radius 3 is 2.51 bits per heavy atom. The Labute approximate surface area is 232 Å². The summed E-state index contributed by atoms with van der Waals surface area (Å²) in [6.45, 7) is 6.45. The van der Waals surface area contributed by atoms with Crippen molar-refractivity contribution in [1.82, 2.24) is 25.0 Å². The molecule has 1 saturated carbocycles. The van der Waals surface area contributed by atoms with Gasteiger partial charge in [-0.15, -0.1) is 0 Å². The minimum absolute atomic E-state index is 0.0619. The fourth-order valence-corrected chi connectivity index (χ4v) is 5.02. The van der Waals surface area contributed by atoms with Gasteiger partial charge in [-0.3, -0.25) is 9.59 Å². The molecule has 224 valence electrons. The summed E-state index contributed by atoms with van der Waals surface area (Å²) in [7, 11) is 0. The van der Waals surface area contributed by atoms with Crippen molar-refractivity contribution in [1.29, 1.82) is 0 Å². The lowest BCUT2D eigenvalue weighted by Gasteiger charge is -2.33. The van der Waals surface area contributed by atoms with Gasteiger partial charge < -0.3 is 14.5 Å². The van der Waals surface area contributed by atoms with Crippen molar-refractivity contribution >= 4 is 17.5 Å². The number of halogens is 5. The fourth-order valence-electron chi connectivity index (χ4n) is 5.02. The van der Waals surface area contributed by atoms with E-state index in [1.807, 2.05) is 0 Å². The van der Waals surface area contributed by atoms with E-state index in [9.17, 15) is 27.2 Å². The zero-order chi connectivity index (χ0) is 30.1. The highest BCUT2D eigenvalue weighted by molar-refractivity contribution is 5.93. The molecule has 1 unspecified atom stereocenters. The third kappa shape index (κ3) is 7.02. The number of carbonyl (C=O) groups is 2. The van der Waals surface area contributed by atoms with E-state index in [1.165, 1.54) is 22.9 Å². The number of amides is 1. The maximum Gasteiger partial charge on any atom is 0.314 e. The molecule has 41 heavy (non-hydrogen) atoms. The van der Waals surface area contributed by atoms with Gasteiger partial charge in [0.1, 0.15) is 11.3 Å². The second-order valence-corrected chi connectivity index (χ2v) is 11.3. The Bertz CT molecular complexity index is 1390. The summed E-state index contributed by atoms with van der Waals surface area (Å²) < 4.78 is 81.8. The summed E-state index contributed by atoms with van der Waals surface area (Å²) in [5, 5.41) is 10.1. The van der Waals surface area contributed by atoms with Crippen molar-refractivity contribution in [3.8, 4) is 0 Å². The molecule has 0 saturated heterocycles. The van der Waals surface area contributed by atoms with E-state index >= 15 is 4.39 Å². The summed E-state index contributed by atoms with van der Waals surface area (Å²) in [6.07, 6.45) is -1.41. The molecule has 1 aliphatic carbocycles. The maximum atomic E-state index is 15.8. The monoisotopic (exact) mass is 585 g/mol. The smallest absolute Gasteiger partial charge is 0.314 e. The molecule has 2 atom stereocenters. The predicted octanol–water partition coefficient (Wildman–Crippen LogP) is 5.80. The van der Waals surface area contributed by atoms with Crippen LogP contribution < -0.4 is 5.32 Å². The van der Waals surface area contributed by atoms with Gasteiger partial charge in [0, 0.05) is 37.2 Å². The number of rotatable bonds is 9. The first-order valence-electron chi connectivity index (χ1n) is 13.4. The van der Waals surface area contributed by atoms with Crippen LogP contribution in [-0.2, 0) is 16.0 Å². The summed E-state index contributed by atoms with van der Waals surface area (Å²) >= 11 is 0. The molecule has 1 aliphatic rings. The zero-order valence-corrected chi connectivity index (χ0v) is 23.1. The van der Waals surface area contributed by atoms with Crippen LogP contribution in [0.15, 0.2) is 23.1 Å². The molecule has 9 nitrogen and oxygen atoms in total. The van der Waals surface area contributed by atoms with Gasteiger partial charge in [0.15, 0.2) is 17.2 Å². The summed E-state index contributed by atoms with van der Waals surface area (Å²) in [5.41, 5.74) is -1.18. The van der Waals surface area contributed by atoms with Crippen molar-refractivity contribution in [2.24, 2.45) is 5.92 Å². The highest BCUT2D eigenvalue weighted by Gasteiger charge is 2.40. The molecule has 0 radical (unpaired) electrons. The second kappa shape index (κ2) is 11.7. The van der Waals surface area contributed by atoms with Gasteiger partial charge in [0.05, 0.1) is 17.7 Å². The Kier molecular flexibility index (Phi) is 8.69. The second-order valence-electron chi connectivity index (χ2n) is 11.3. The number of fused-ring (bicyclic) bond motifs is 1. The molecule has 1 fully saturated rings. The van der Waals surface area contributed by atoms with Gasteiger partial charge in [-0.25, -0.2) is 31.6 Å². The Morgan fingerprint density at radius 1 is 1.22 bits per heavy atom. The van der Waals surface area contributed by atoms with Gasteiger partial charge in [-0.2, -0.15) is 0 Å². The van der Waals surface area contributed by atoms with Crippen molar-refractivity contribution in [3.05, 3.63) is 46.9 Å². The first-order valence-corrected chi connectivity index (χ1v) is 13.4. The van der Waals surface area contributed by atoms with Gasteiger partial charge in [0.25, 0.3) is 5.91 Å². The molecular weight excluding hydrogens is 553 g/mol. The number of aryl methyl sites for hydroxylation is 1. The topological polar surface area (TPSA) is 112 Å². The summed E-state index contributed by atoms with van der Waals surface area (Å²) in [6, 6.07) is 0.291. The van der Waals surface area contributed by atoms with Crippen LogP contribution in [-0.4, -0.2) is 49.5 Å². The van der Waals surface area contributed by atoms with Gasteiger partial charge >= 0.3 is 5.97 Å². The van der Waals surface area contributed by atoms with Crippen molar-refractivity contribution in [2.45, 2.75) is 96.1 Å². The van der Waals surface area contributed by atoms with Crippen LogP contribution in [0, 0.1) is 11.7 Å². The summed E-state index contributed by atoms with van der Waals surface area (Å²) in [4.78, 5) is 30.2. The predicted molar refractivity (Wildman–Crippen MR) is 135 cm³/mol. The minimum atomic E-state index is -2.92. The molecule has 3 aromatic rings. The first kappa shape index (κ1) is 30.4. The number of carbonyl (C=O) groups excluding carboxylic acids is 2. The normalized spacial score (nSPS) is 17.5. The molecule has 0 spiro atoms. The standard InChI is InChI=1S/C27H32F5N5O4/c1-5-17-22(36-41-35-17)24(38)34-21(14-6-9-27(31,32)10-7-14)18-13-37-11-8-15(20(30)23(37)33-18)16(12-19(28)29)25(39)40-26(2,3)4/h8,11,13-14,16,19,21H,5-7,9-10,12H2,1-4H3,(H,34,38)/t16?,21-/m0/s1. The molecule has 0 aliphatic heterocycles. The minimum Gasteiger partial charge on any atom is -0.459 e. The van der Waals surface area contributed by atoms with Gasteiger partial charge in [-0.05, 0) is 57.2 Å². The Hall–Kier alpha value is -3.58. The van der Waals surface area contributed by atoms with Crippen molar-refractivity contribution in [3.63, 3.8) is 0 Å². The molecule has 1 N–H and O–H groups in total. The molecule has 0 bridgehead atoms. The lowest BCUT2D eigenvalue weighted by molar-refractivity contribution is -0.158. The Balaban J connectivity index is 1.72. The molecule has 1 amide bonds. The van der Waals surface area contributed by atoms with E-state index in [2.05, 4.69) is 25.2 Å². The van der Waals surface area contributed by atoms with Crippen LogP contribution in [0.25, 0.3) is 5.65 Å². The van der Waals surface area contributed by atoms with E-state index < -0.39 is 72.8 Å². The van der Waals surface area contributed by atoms with E-state index in [-0.39, 0.29) is 35.4 Å². The number of hydrogen-bond donors (Lipinski definition) is 1.